The fraction of sp³-hybridized carbons (Fsp3) is 0.429. The number of nitrogens with one attached hydrogen (secondary N) is 1. The summed E-state index contributed by atoms with van der Waals surface area (Å²) in [6, 6.07) is 7.22. The molecule has 2 atom stereocenters. The lowest BCUT2D eigenvalue weighted by Crippen LogP contribution is -2.43. The maximum atomic E-state index is 12.1. The van der Waals surface area contributed by atoms with Gasteiger partial charge in [0, 0.05) is 23.6 Å². The van der Waals surface area contributed by atoms with E-state index in [0.717, 1.165) is 10.0 Å². The summed E-state index contributed by atoms with van der Waals surface area (Å²) in [7, 11) is 0. The predicted octanol–water partition coefficient (Wildman–Crippen LogP) is 2.45. The quantitative estimate of drug-likeness (QED) is 0.887. The molecule has 0 spiro atoms. The van der Waals surface area contributed by atoms with E-state index in [-0.39, 0.29) is 12.1 Å². The van der Waals surface area contributed by atoms with Crippen molar-refractivity contribution >= 4 is 27.9 Å². The van der Waals surface area contributed by atoms with Crippen LogP contribution in [0.4, 0.5) is 4.79 Å². The van der Waals surface area contributed by atoms with Gasteiger partial charge in [0.25, 0.3) is 0 Å². The number of carbonyl (C=O) groups is 2. The second-order valence-electron chi connectivity index (χ2n) is 4.96. The first kappa shape index (κ1) is 14.8. The lowest BCUT2D eigenvalue weighted by molar-refractivity contribution is -0.142. The molecule has 5 nitrogen and oxygen atoms in total. The molecule has 2 rings (SSSR count). The van der Waals surface area contributed by atoms with Crippen LogP contribution in [-0.4, -0.2) is 34.6 Å². The van der Waals surface area contributed by atoms with E-state index in [9.17, 15) is 9.59 Å². The smallest absolute Gasteiger partial charge is 0.317 e. The average Bonchev–Trinajstić information content (AvgIpc) is 2.78. The first-order chi connectivity index (χ1) is 9.49. The van der Waals surface area contributed by atoms with Crippen LogP contribution in [0.25, 0.3) is 0 Å². The van der Waals surface area contributed by atoms with Crippen LogP contribution in [0.15, 0.2) is 28.7 Å². The highest BCUT2D eigenvalue weighted by atomic mass is 79.9. The minimum atomic E-state index is -0.834. The first-order valence-corrected chi connectivity index (χ1v) is 7.30. The molecule has 108 valence electrons. The highest BCUT2D eigenvalue weighted by molar-refractivity contribution is 9.10. The number of carboxylic acid groups (broad SMARTS) is 1. The zero-order chi connectivity index (χ0) is 14.7. The molecule has 1 heterocycles. The van der Waals surface area contributed by atoms with E-state index in [1.807, 2.05) is 24.3 Å². The second-order valence-corrected chi connectivity index (χ2v) is 5.87. The molecule has 20 heavy (non-hydrogen) atoms. The number of hydrogen-bond acceptors (Lipinski definition) is 2. The van der Waals surface area contributed by atoms with Crippen LogP contribution >= 0.6 is 15.9 Å². The molecule has 0 aromatic heterocycles. The molecule has 1 aliphatic heterocycles. The van der Waals surface area contributed by atoms with E-state index in [1.54, 1.807) is 11.8 Å². The average molecular weight is 341 g/mol. The number of amides is 2. The molecule has 2 unspecified atom stereocenters. The normalized spacial score (nSPS) is 21.8. The summed E-state index contributed by atoms with van der Waals surface area (Å²) in [6.07, 6.45) is 0.515. The van der Waals surface area contributed by atoms with E-state index in [1.165, 1.54) is 0 Å². The van der Waals surface area contributed by atoms with Gasteiger partial charge < -0.3 is 15.3 Å². The summed E-state index contributed by atoms with van der Waals surface area (Å²) in [6.45, 7) is 2.70. The number of hydrogen-bond donors (Lipinski definition) is 2. The Morgan fingerprint density at radius 2 is 2.25 bits per heavy atom. The Hall–Kier alpha value is -1.56. The molecule has 1 aromatic rings. The van der Waals surface area contributed by atoms with Crippen molar-refractivity contribution in [3.63, 3.8) is 0 Å². The standard InChI is InChI=1S/C14H17BrN2O3/c1-9-12(13(18)19)5-6-17(9)14(20)16-8-10-3-2-4-11(15)7-10/h2-4,7,9,12H,5-6,8H2,1H3,(H,16,20)(H,18,19). The second kappa shape index (κ2) is 6.26. The number of carbonyl (C=O) groups excluding carboxylic acids is 1. The molecule has 0 aliphatic carbocycles. The Labute approximate surface area is 126 Å². The predicted molar refractivity (Wildman–Crippen MR) is 78.3 cm³/mol. The fourth-order valence-electron chi connectivity index (χ4n) is 2.48. The van der Waals surface area contributed by atoms with Gasteiger partial charge in [-0.05, 0) is 31.0 Å². The van der Waals surface area contributed by atoms with Crippen molar-refractivity contribution in [3.05, 3.63) is 34.3 Å². The summed E-state index contributed by atoms with van der Waals surface area (Å²) in [4.78, 5) is 24.7. The van der Waals surface area contributed by atoms with Crippen LogP contribution in [0.2, 0.25) is 0 Å². The van der Waals surface area contributed by atoms with Crippen LogP contribution in [0.5, 0.6) is 0 Å². The summed E-state index contributed by atoms with van der Waals surface area (Å²) in [5.74, 6) is -1.30. The van der Waals surface area contributed by atoms with Gasteiger partial charge in [-0.1, -0.05) is 28.1 Å². The number of rotatable bonds is 3. The molecule has 0 radical (unpaired) electrons. The van der Waals surface area contributed by atoms with E-state index in [0.29, 0.717) is 19.5 Å². The highest BCUT2D eigenvalue weighted by Crippen LogP contribution is 2.24. The van der Waals surface area contributed by atoms with Crippen molar-refractivity contribution in [3.8, 4) is 0 Å². The molecule has 0 saturated carbocycles. The topological polar surface area (TPSA) is 69.6 Å². The maximum absolute atomic E-state index is 12.1. The van der Waals surface area contributed by atoms with Gasteiger partial charge in [0.1, 0.15) is 0 Å². The molecule has 1 saturated heterocycles. The highest BCUT2D eigenvalue weighted by Gasteiger charge is 2.37. The van der Waals surface area contributed by atoms with Crippen LogP contribution in [0, 0.1) is 5.92 Å². The molecule has 1 aliphatic rings. The monoisotopic (exact) mass is 340 g/mol. The van der Waals surface area contributed by atoms with Gasteiger partial charge in [0.05, 0.1) is 5.92 Å². The molecule has 6 heteroatoms. The zero-order valence-corrected chi connectivity index (χ0v) is 12.8. The van der Waals surface area contributed by atoms with Crippen LogP contribution in [0.1, 0.15) is 18.9 Å². The van der Waals surface area contributed by atoms with Crippen molar-refractivity contribution in [1.29, 1.82) is 0 Å². The summed E-state index contributed by atoms with van der Waals surface area (Å²) in [5.41, 5.74) is 0.995. The van der Waals surface area contributed by atoms with Crippen molar-refractivity contribution in [2.45, 2.75) is 25.9 Å². The Bertz CT molecular complexity index is 521. The number of carboxylic acids is 1. The van der Waals surface area contributed by atoms with Gasteiger partial charge in [0.2, 0.25) is 0 Å². The number of urea groups is 1. The third kappa shape index (κ3) is 3.30. The minimum absolute atomic E-state index is 0.207. The van der Waals surface area contributed by atoms with Crippen LogP contribution in [-0.2, 0) is 11.3 Å². The summed E-state index contributed by atoms with van der Waals surface area (Å²) < 4.78 is 0.963. The number of aliphatic carboxylic acids is 1. The molecular formula is C14H17BrN2O3. The lowest BCUT2D eigenvalue weighted by Gasteiger charge is -2.23. The minimum Gasteiger partial charge on any atom is -0.481 e. The molecule has 2 amide bonds. The fourth-order valence-corrected chi connectivity index (χ4v) is 2.93. The molecular weight excluding hydrogens is 324 g/mol. The third-order valence-electron chi connectivity index (χ3n) is 3.67. The molecule has 0 bridgehead atoms. The molecule has 1 fully saturated rings. The first-order valence-electron chi connectivity index (χ1n) is 6.50. The van der Waals surface area contributed by atoms with Gasteiger partial charge in [-0.2, -0.15) is 0 Å². The van der Waals surface area contributed by atoms with Crippen molar-refractivity contribution in [1.82, 2.24) is 10.2 Å². The number of halogens is 1. The van der Waals surface area contributed by atoms with Gasteiger partial charge >= 0.3 is 12.0 Å². The van der Waals surface area contributed by atoms with E-state index in [4.69, 9.17) is 5.11 Å². The SMILES string of the molecule is CC1C(C(=O)O)CCN1C(=O)NCc1cccc(Br)c1. The van der Waals surface area contributed by atoms with E-state index < -0.39 is 11.9 Å². The third-order valence-corrected chi connectivity index (χ3v) is 4.16. The van der Waals surface area contributed by atoms with Crippen LogP contribution < -0.4 is 5.32 Å². The van der Waals surface area contributed by atoms with Crippen molar-refractivity contribution in [2.24, 2.45) is 5.92 Å². The maximum Gasteiger partial charge on any atom is 0.317 e. The van der Waals surface area contributed by atoms with Crippen molar-refractivity contribution in [2.75, 3.05) is 6.54 Å². The Balaban J connectivity index is 1.91. The Morgan fingerprint density at radius 1 is 1.50 bits per heavy atom. The lowest BCUT2D eigenvalue weighted by atomic mass is 10.0. The largest absolute Gasteiger partial charge is 0.481 e. The molecule has 1 aromatic carbocycles. The molecule has 2 N–H and O–H groups in total. The van der Waals surface area contributed by atoms with Gasteiger partial charge in [-0.15, -0.1) is 0 Å². The van der Waals surface area contributed by atoms with E-state index in [2.05, 4.69) is 21.2 Å². The number of benzene rings is 1. The Morgan fingerprint density at radius 3 is 2.85 bits per heavy atom. The van der Waals surface area contributed by atoms with Gasteiger partial charge in [0.15, 0.2) is 0 Å². The van der Waals surface area contributed by atoms with Crippen molar-refractivity contribution < 1.29 is 14.7 Å². The van der Waals surface area contributed by atoms with E-state index >= 15 is 0 Å². The number of nitrogens with zero attached hydrogens (tertiary/aromatic N) is 1. The van der Waals surface area contributed by atoms with Gasteiger partial charge in [-0.3, -0.25) is 4.79 Å². The van der Waals surface area contributed by atoms with Gasteiger partial charge in [-0.25, -0.2) is 4.79 Å². The summed E-state index contributed by atoms with van der Waals surface area (Å²) in [5, 5.41) is 11.9. The zero-order valence-electron chi connectivity index (χ0n) is 11.2. The Kier molecular flexibility index (Phi) is 4.65. The number of likely N-dealkylation sites (tertiary alicyclic amines) is 1. The summed E-state index contributed by atoms with van der Waals surface area (Å²) >= 11 is 3.38. The van der Waals surface area contributed by atoms with Crippen LogP contribution in [0.3, 0.4) is 0 Å².